The first-order valence-electron chi connectivity index (χ1n) is 8.82. The molecule has 2 aromatic carbocycles. The van der Waals surface area contributed by atoms with Gasteiger partial charge in [0.2, 0.25) is 0 Å². The van der Waals surface area contributed by atoms with E-state index >= 15 is 0 Å². The van der Waals surface area contributed by atoms with Crippen LogP contribution in [0, 0.1) is 0 Å². The van der Waals surface area contributed by atoms with Gasteiger partial charge in [-0.25, -0.2) is 0 Å². The maximum absolute atomic E-state index is 10.2. The van der Waals surface area contributed by atoms with Crippen LogP contribution in [0.15, 0.2) is 54.6 Å². The van der Waals surface area contributed by atoms with Crippen molar-refractivity contribution in [2.75, 3.05) is 26.2 Å². The molecule has 5 heteroatoms. The number of rotatable bonds is 7. The van der Waals surface area contributed by atoms with E-state index < -0.39 is 6.10 Å². The monoisotopic (exact) mass is 373 g/mol. The van der Waals surface area contributed by atoms with Gasteiger partial charge < -0.3 is 14.9 Å². The zero-order chi connectivity index (χ0) is 18.4. The second-order valence-electron chi connectivity index (χ2n) is 6.55. The van der Waals surface area contributed by atoms with Crippen molar-refractivity contribution in [2.45, 2.75) is 19.1 Å². The number of phenols is 1. The average molecular weight is 374 g/mol. The van der Waals surface area contributed by atoms with E-state index in [2.05, 4.69) is 11.0 Å². The fraction of sp³-hybridized carbons (Fsp3) is 0.333. The number of aromatic hydroxyl groups is 1. The molecule has 4 nitrogen and oxygen atoms in total. The van der Waals surface area contributed by atoms with Crippen molar-refractivity contribution < 1.29 is 14.9 Å². The topological polar surface area (TPSA) is 52.9 Å². The molecule has 0 amide bonds. The van der Waals surface area contributed by atoms with E-state index in [1.54, 1.807) is 12.1 Å². The molecule has 0 aromatic heterocycles. The van der Waals surface area contributed by atoms with E-state index in [1.807, 2.05) is 36.4 Å². The van der Waals surface area contributed by atoms with Crippen LogP contribution >= 0.6 is 11.6 Å². The number of aliphatic hydroxyl groups is 1. The minimum absolute atomic E-state index is 0.284. The molecule has 138 valence electrons. The summed E-state index contributed by atoms with van der Waals surface area (Å²) in [7, 11) is 0. The number of phenolic OH excluding ortho intramolecular Hbond substituents is 1. The predicted molar refractivity (Wildman–Crippen MR) is 104 cm³/mol. The highest BCUT2D eigenvalue weighted by Crippen LogP contribution is 2.24. The molecule has 1 atom stereocenters. The molecule has 0 radical (unpaired) electrons. The number of nitrogens with zero attached hydrogens (tertiary/aromatic N) is 1. The van der Waals surface area contributed by atoms with Crippen LogP contribution in [0.25, 0.3) is 5.57 Å². The molecule has 0 fully saturated rings. The summed E-state index contributed by atoms with van der Waals surface area (Å²) in [5, 5.41) is 20.3. The Labute approximate surface area is 159 Å². The van der Waals surface area contributed by atoms with Gasteiger partial charge >= 0.3 is 0 Å². The van der Waals surface area contributed by atoms with Crippen LogP contribution in [0.5, 0.6) is 5.75 Å². The number of benzene rings is 2. The summed E-state index contributed by atoms with van der Waals surface area (Å²) in [5.41, 5.74) is 3.36. The van der Waals surface area contributed by atoms with Gasteiger partial charge in [0.15, 0.2) is 0 Å². The van der Waals surface area contributed by atoms with Crippen molar-refractivity contribution in [3.8, 4) is 5.75 Å². The van der Waals surface area contributed by atoms with Crippen molar-refractivity contribution in [3.05, 3.63) is 70.8 Å². The summed E-state index contributed by atoms with van der Waals surface area (Å²) < 4.78 is 5.61. The second-order valence-corrected chi connectivity index (χ2v) is 6.95. The van der Waals surface area contributed by atoms with Crippen LogP contribution in [-0.2, 0) is 11.3 Å². The smallest absolute Gasteiger partial charge is 0.115 e. The summed E-state index contributed by atoms with van der Waals surface area (Å²) >= 11 is 6.10. The molecule has 0 spiro atoms. The van der Waals surface area contributed by atoms with Gasteiger partial charge in [-0.05, 0) is 41.3 Å². The zero-order valence-electron chi connectivity index (χ0n) is 14.6. The number of ether oxygens (including phenoxy) is 1. The summed E-state index contributed by atoms with van der Waals surface area (Å²) in [5.74, 6) is 0.284. The van der Waals surface area contributed by atoms with Gasteiger partial charge in [0.25, 0.3) is 0 Å². The lowest BCUT2D eigenvalue weighted by molar-refractivity contribution is 0.0115. The summed E-state index contributed by atoms with van der Waals surface area (Å²) in [6.07, 6.45) is 2.59. The molecule has 0 aliphatic carbocycles. The number of hydrogen-bond acceptors (Lipinski definition) is 4. The Balaban J connectivity index is 1.42. The molecular weight excluding hydrogens is 350 g/mol. The highest BCUT2D eigenvalue weighted by atomic mass is 35.5. The Morgan fingerprint density at radius 3 is 2.58 bits per heavy atom. The van der Waals surface area contributed by atoms with Crippen molar-refractivity contribution in [2.24, 2.45) is 0 Å². The van der Waals surface area contributed by atoms with Crippen LogP contribution in [-0.4, -0.2) is 47.5 Å². The fourth-order valence-electron chi connectivity index (χ4n) is 3.09. The van der Waals surface area contributed by atoms with Gasteiger partial charge in [0.05, 0.1) is 19.3 Å². The highest BCUT2D eigenvalue weighted by Gasteiger charge is 2.16. The Morgan fingerprint density at radius 1 is 1.12 bits per heavy atom. The van der Waals surface area contributed by atoms with E-state index in [0.29, 0.717) is 18.2 Å². The Morgan fingerprint density at radius 2 is 1.88 bits per heavy atom. The lowest BCUT2D eigenvalue weighted by Gasteiger charge is -2.28. The number of hydrogen-bond donors (Lipinski definition) is 2. The van der Waals surface area contributed by atoms with Crippen molar-refractivity contribution in [3.63, 3.8) is 0 Å². The molecule has 1 aliphatic heterocycles. The molecule has 2 N–H and O–H groups in total. The average Bonchev–Trinajstić information content (AvgIpc) is 2.65. The Hall–Kier alpha value is -1.85. The Bertz CT molecular complexity index is 745. The van der Waals surface area contributed by atoms with Gasteiger partial charge in [-0.1, -0.05) is 48.0 Å². The number of β-amino-alcohol motifs (C(OH)–C–C–N with tert-alkyl or cyclic N) is 1. The van der Waals surface area contributed by atoms with Crippen LogP contribution < -0.4 is 0 Å². The zero-order valence-corrected chi connectivity index (χ0v) is 15.4. The summed E-state index contributed by atoms with van der Waals surface area (Å²) in [6.45, 7) is 2.98. The molecule has 0 saturated carbocycles. The van der Waals surface area contributed by atoms with Gasteiger partial charge in [-0.15, -0.1) is 0 Å². The normalized spacial score (nSPS) is 16.3. The molecular formula is C21H24ClNO3. The summed E-state index contributed by atoms with van der Waals surface area (Å²) in [6, 6.07) is 14.9. The minimum Gasteiger partial charge on any atom is -0.508 e. The Kier molecular flexibility index (Phi) is 6.69. The minimum atomic E-state index is -0.527. The van der Waals surface area contributed by atoms with Crippen molar-refractivity contribution >= 4 is 17.2 Å². The van der Waals surface area contributed by atoms with E-state index in [9.17, 15) is 10.2 Å². The first-order valence-corrected chi connectivity index (χ1v) is 9.19. The van der Waals surface area contributed by atoms with E-state index in [-0.39, 0.29) is 12.4 Å². The second kappa shape index (κ2) is 9.19. The maximum Gasteiger partial charge on any atom is 0.115 e. The summed E-state index contributed by atoms with van der Waals surface area (Å²) in [4.78, 5) is 2.22. The van der Waals surface area contributed by atoms with Crippen LogP contribution in [0.1, 0.15) is 17.5 Å². The molecule has 1 aliphatic rings. The quantitative estimate of drug-likeness (QED) is 0.776. The SMILES string of the molecule is Oc1ccc(C2=CCN(C[C@H](O)COCc3ccccc3Cl)CC2)cc1. The predicted octanol–water partition coefficient (Wildman–Crippen LogP) is 3.71. The molecule has 2 aromatic rings. The first kappa shape index (κ1) is 18.9. The maximum atomic E-state index is 10.2. The third kappa shape index (κ3) is 5.32. The van der Waals surface area contributed by atoms with Crippen molar-refractivity contribution in [1.82, 2.24) is 4.90 Å². The highest BCUT2D eigenvalue weighted by molar-refractivity contribution is 6.31. The molecule has 0 unspecified atom stereocenters. The van der Waals surface area contributed by atoms with E-state index in [0.717, 1.165) is 30.6 Å². The molecule has 1 heterocycles. The van der Waals surface area contributed by atoms with Crippen LogP contribution in [0.2, 0.25) is 5.02 Å². The van der Waals surface area contributed by atoms with Gasteiger partial charge in [-0.3, -0.25) is 4.90 Å². The van der Waals surface area contributed by atoms with Gasteiger partial charge in [0.1, 0.15) is 5.75 Å². The van der Waals surface area contributed by atoms with Gasteiger partial charge in [0, 0.05) is 24.7 Å². The molecule has 3 rings (SSSR count). The fourth-order valence-corrected chi connectivity index (χ4v) is 3.28. The van der Waals surface area contributed by atoms with E-state index in [4.69, 9.17) is 16.3 Å². The standard InChI is InChI=1S/C21H24ClNO3/c22-21-4-2-1-3-18(21)14-26-15-20(25)13-23-11-9-17(10-12-23)16-5-7-19(24)8-6-16/h1-9,20,24-25H,10-15H2/t20-/m0/s1. The van der Waals surface area contributed by atoms with Gasteiger partial charge in [-0.2, -0.15) is 0 Å². The number of aliphatic hydroxyl groups excluding tert-OH is 1. The van der Waals surface area contributed by atoms with Crippen LogP contribution in [0.4, 0.5) is 0 Å². The van der Waals surface area contributed by atoms with E-state index in [1.165, 1.54) is 5.57 Å². The lowest BCUT2D eigenvalue weighted by Crippen LogP contribution is -2.37. The molecule has 0 saturated heterocycles. The largest absolute Gasteiger partial charge is 0.508 e. The molecule has 26 heavy (non-hydrogen) atoms. The lowest BCUT2D eigenvalue weighted by atomic mass is 9.99. The first-order chi connectivity index (χ1) is 12.6. The third-order valence-electron chi connectivity index (χ3n) is 4.53. The number of halogens is 1. The molecule has 0 bridgehead atoms. The van der Waals surface area contributed by atoms with Crippen LogP contribution in [0.3, 0.4) is 0 Å². The van der Waals surface area contributed by atoms with Crippen molar-refractivity contribution in [1.29, 1.82) is 0 Å². The third-order valence-corrected chi connectivity index (χ3v) is 4.89.